The molecule has 1 heterocycles. The summed E-state index contributed by atoms with van der Waals surface area (Å²) < 4.78 is 4.85. The number of nitrogens with zero attached hydrogens (tertiary/aromatic N) is 1. The molecular formula is C10H5Cl2NO2. The van der Waals surface area contributed by atoms with E-state index < -0.39 is 12.1 Å². The Morgan fingerprint density at radius 1 is 1.47 bits per heavy atom. The minimum absolute atomic E-state index is 0.313. The Bertz CT molecular complexity index is 479. The molecule has 0 saturated heterocycles. The lowest BCUT2D eigenvalue weighted by Crippen LogP contribution is -2.26. The molecule has 0 aromatic heterocycles. The lowest BCUT2D eigenvalue weighted by Gasteiger charge is -2.20. The smallest absolute Gasteiger partial charge is 0.339 e. The zero-order valence-electron chi connectivity index (χ0n) is 7.46. The lowest BCUT2D eigenvalue weighted by molar-refractivity contribution is 0.0371. The summed E-state index contributed by atoms with van der Waals surface area (Å²) in [5.41, 5.74) is 0.975. The van der Waals surface area contributed by atoms with E-state index in [1.165, 1.54) is 6.07 Å². The molecule has 1 aromatic carbocycles. The van der Waals surface area contributed by atoms with Gasteiger partial charge in [0, 0.05) is 16.5 Å². The highest BCUT2D eigenvalue weighted by atomic mass is 35.5. The van der Waals surface area contributed by atoms with E-state index in [0.29, 0.717) is 27.6 Å². The average molecular weight is 242 g/mol. The van der Waals surface area contributed by atoms with Gasteiger partial charge in [-0.25, -0.2) is 4.79 Å². The Morgan fingerprint density at radius 3 is 2.87 bits per heavy atom. The number of fused-ring (bicyclic) bond motifs is 1. The van der Waals surface area contributed by atoms with Crippen LogP contribution in [0.4, 0.5) is 0 Å². The van der Waals surface area contributed by atoms with E-state index in [9.17, 15) is 4.79 Å². The molecule has 0 aliphatic carbocycles. The Balaban J connectivity index is 2.56. The van der Waals surface area contributed by atoms with Crippen molar-refractivity contribution in [2.24, 2.45) is 0 Å². The molecule has 0 radical (unpaired) electrons. The highest BCUT2D eigenvalue weighted by Crippen LogP contribution is 2.30. The van der Waals surface area contributed by atoms with Crippen LogP contribution in [0.5, 0.6) is 0 Å². The maximum Gasteiger partial charge on any atom is 0.339 e. The minimum Gasteiger partial charge on any atom is -0.443 e. The number of ether oxygens (including phenoxy) is 1. The Hall–Kier alpha value is -1.24. The fourth-order valence-electron chi connectivity index (χ4n) is 1.48. The molecule has 0 fully saturated rings. The summed E-state index contributed by atoms with van der Waals surface area (Å²) in [5.74, 6) is -0.549. The summed E-state index contributed by atoms with van der Waals surface area (Å²) in [7, 11) is 0. The first-order chi connectivity index (χ1) is 7.11. The Labute approximate surface area is 96.2 Å². The minimum atomic E-state index is -0.760. The maximum absolute atomic E-state index is 11.5. The third-order valence-corrected chi connectivity index (χ3v) is 2.72. The standard InChI is InChI=1S/C10H5Cl2NO2/c11-5-1-8-7(9(12)2-5)3-6(4-13)15-10(8)14/h1-2,6H,3H2. The molecule has 0 amide bonds. The van der Waals surface area contributed by atoms with Crippen molar-refractivity contribution in [3.8, 4) is 6.07 Å². The van der Waals surface area contributed by atoms with E-state index in [2.05, 4.69) is 0 Å². The van der Waals surface area contributed by atoms with Crippen molar-refractivity contribution in [3.63, 3.8) is 0 Å². The second-order valence-electron chi connectivity index (χ2n) is 3.14. The summed E-state index contributed by atoms with van der Waals surface area (Å²) in [6.07, 6.45) is -0.447. The zero-order chi connectivity index (χ0) is 11.0. The van der Waals surface area contributed by atoms with E-state index in [0.717, 1.165) is 0 Å². The second-order valence-corrected chi connectivity index (χ2v) is 3.98. The number of benzene rings is 1. The van der Waals surface area contributed by atoms with E-state index in [1.54, 1.807) is 6.07 Å². The number of halogens is 2. The number of hydrogen-bond donors (Lipinski definition) is 0. The number of esters is 1. The molecule has 15 heavy (non-hydrogen) atoms. The molecule has 1 atom stereocenters. The molecule has 0 saturated carbocycles. The first-order valence-corrected chi connectivity index (χ1v) is 4.96. The Kier molecular flexibility index (Phi) is 2.56. The van der Waals surface area contributed by atoms with Crippen LogP contribution >= 0.6 is 23.2 Å². The molecule has 76 valence electrons. The number of carbonyl (C=O) groups excluding carboxylic acids is 1. The van der Waals surface area contributed by atoms with Crippen molar-refractivity contribution in [2.75, 3.05) is 0 Å². The predicted octanol–water partition coefficient (Wildman–Crippen LogP) is 2.60. The molecule has 0 bridgehead atoms. The van der Waals surface area contributed by atoms with Crippen LogP contribution in [0.1, 0.15) is 15.9 Å². The van der Waals surface area contributed by atoms with E-state index in [-0.39, 0.29) is 0 Å². The van der Waals surface area contributed by atoms with Gasteiger partial charge in [-0.3, -0.25) is 0 Å². The largest absolute Gasteiger partial charge is 0.443 e. The van der Waals surface area contributed by atoms with Gasteiger partial charge in [-0.05, 0) is 17.7 Å². The molecule has 5 heteroatoms. The van der Waals surface area contributed by atoms with E-state index in [1.807, 2.05) is 6.07 Å². The van der Waals surface area contributed by atoms with Crippen molar-refractivity contribution < 1.29 is 9.53 Å². The number of rotatable bonds is 0. The molecule has 1 aliphatic heterocycles. The van der Waals surface area contributed by atoms with Crippen LogP contribution < -0.4 is 0 Å². The predicted molar refractivity (Wildman–Crippen MR) is 55.0 cm³/mol. The molecule has 1 aromatic rings. The first-order valence-electron chi connectivity index (χ1n) is 4.20. The molecule has 1 unspecified atom stereocenters. The van der Waals surface area contributed by atoms with Gasteiger partial charge < -0.3 is 4.74 Å². The number of hydrogen-bond acceptors (Lipinski definition) is 3. The molecule has 0 N–H and O–H groups in total. The fraction of sp³-hybridized carbons (Fsp3) is 0.200. The third kappa shape index (κ3) is 1.79. The van der Waals surface area contributed by atoms with Crippen molar-refractivity contribution >= 4 is 29.2 Å². The zero-order valence-corrected chi connectivity index (χ0v) is 8.97. The topological polar surface area (TPSA) is 50.1 Å². The highest BCUT2D eigenvalue weighted by molar-refractivity contribution is 6.35. The Morgan fingerprint density at radius 2 is 2.20 bits per heavy atom. The lowest BCUT2D eigenvalue weighted by atomic mass is 9.99. The average Bonchev–Trinajstić information content (AvgIpc) is 2.19. The molecule has 0 spiro atoms. The van der Waals surface area contributed by atoms with Gasteiger partial charge in [-0.1, -0.05) is 23.2 Å². The second kappa shape index (κ2) is 3.73. The third-order valence-electron chi connectivity index (χ3n) is 2.16. The maximum atomic E-state index is 11.5. The summed E-state index contributed by atoms with van der Waals surface area (Å²) in [6, 6.07) is 4.93. The van der Waals surface area contributed by atoms with Gasteiger partial charge in [0.05, 0.1) is 5.56 Å². The van der Waals surface area contributed by atoms with Crippen molar-refractivity contribution in [2.45, 2.75) is 12.5 Å². The summed E-state index contributed by atoms with van der Waals surface area (Å²) in [4.78, 5) is 11.5. The summed E-state index contributed by atoms with van der Waals surface area (Å²) in [6.45, 7) is 0. The van der Waals surface area contributed by atoms with E-state index in [4.69, 9.17) is 33.2 Å². The van der Waals surface area contributed by atoms with Crippen LogP contribution in [-0.2, 0) is 11.2 Å². The molecular weight excluding hydrogens is 237 g/mol. The van der Waals surface area contributed by atoms with Crippen LogP contribution in [0, 0.1) is 11.3 Å². The quantitative estimate of drug-likeness (QED) is 0.657. The monoisotopic (exact) mass is 241 g/mol. The fourth-order valence-corrected chi connectivity index (χ4v) is 2.06. The highest BCUT2D eigenvalue weighted by Gasteiger charge is 2.28. The van der Waals surface area contributed by atoms with Gasteiger partial charge in [0.15, 0.2) is 6.10 Å². The van der Waals surface area contributed by atoms with Gasteiger partial charge in [0.1, 0.15) is 6.07 Å². The van der Waals surface area contributed by atoms with E-state index >= 15 is 0 Å². The van der Waals surface area contributed by atoms with Crippen LogP contribution in [0.2, 0.25) is 10.0 Å². The number of cyclic esters (lactones) is 1. The van der Waals surface area contributed by atoms with Crippen LogP contribution in [0.3, 0.4) is 0 Å². The van der Waals surface area contributed by atoms with Crippen LogP contribution in [0.25, 0.3) is 0 Å². The van der Waals surface area contributed by atoms with Gasteiger partial charge in [-0.2, -0.15) is 5.26 Å². The van der Waals surface area contributed by atoms with Crippen LogP contribution in [-0.4, -0.2) is 12.1 Å². The SMILES string of the molecule is N#CC1Cc2c(Cl)cc(Cl)cc2C(=O)O1. The normalized spacial score (nSPS) is 19.0. The van der Waals surface area contributed by atoms with Gasteiger partial charge in [0.25, 0.3) is 0 Å². The summed E-state index contributed by atoms with van der Waals surface area (Å²) >= 11 is 11.7. The molecule has 3 nitrogen and oxygen atoms in total. The summed E-state index contributed by atoms with van der Waals surface area (Å²) in [5, 5.41) is 9.46. The first kappa shape index (κ1) is 10.3. The van der Waals surface area contributed by atoms with Crippen molar-refractivity contribution in [1.82, 2.24) is 0 Å². The van der Waals surface area contributed by atoms with Crippen molar-refractivity contribution in [3.05, 3.63) is 33.3 Å². The number of carbonyl (C=O) groups is 1. The van der Waals surface area contributed by atoms with Crippen molar-refractivity contribution in [1.29, 1.82) is 5.26 Å². The van der Waals surface area contributed by atoms with Gasteiger partial charge >= 0.3 is 5.97 Å². The van der Waals surface area contributed by atoms with Gasteiger partial charge in [0.2, 0.25) is 0 Å². The van der Waals surface area contributed by atoms with Crippen LogP contribution in [0.15, 0.2) is 12.1 Å². The molecule has 1 aliphatic rings. The molecule has 2 rings (SSSR count). The number of nitriles is 1. The van der Waals surface area contributed by atoms with Gasteiger partial charge in [-0.15, -0.1) is 0 Å².